The molecule has 43 heavy (non-hydrogen) atoms. The van der Waals surface area contributed by atoms with E-state index in [1.807, 2.05) is 0 Å². The summed E-state index contributed by atoms with van der Waals surface area (Å²) >= 11 is 0. The Hall–Kier alpha value is -4.36. The second-order valence-electron chi connectivity index (χ2n) is 13.0. The molecule has 6 rings (SSSR count). The Morgan fingerprint density at radius 3 is 1.19 bits per heavy atom. The van der Waals surface area contributed by atoms with Gasteiger partial charge < -0.3 is 4.74 Å². The molecule has 2 unspecified atom stereocenters. The van der Waals surface area contributed by atoms with Gasteiger partial charge in [0.1, 0.15) is 11.5 Å². The summed E-state index contributed by atoms with van der Waals surface area (Å²) in [4.78, 5) is 0. The fourth-order valence-corrected chi connectivity index (χ4v) is 7.22. The van der Waals surface area contributed by atoms with Gasteiger partial charge in [-0.3, -0.25) is 0 Å². The van der Waals surface area contributed by atoms with Crippen LogP contribution in [0.2, 0.25) is 0 Å². The third-order valence-electron chi connectivity index (χ3n) is 9.36. The van der Waals surface area contributed by atoms with E-state index in [1.54, 1.807) is 0 Å². The number of aryl methyl sites for hydroxylation is 4. The molecule has 216 valence electrons. The third-order valence-corrected chi connectivity index (χ3v) is 9.36. The predicted molar refractivity (Wildman–Crippen MR) is 182 cm³/mol. The molecule has 0 bridgehead atoms. The molecule has 2 aliphatic carbocycles. The van der Waals surface area contributed by atoms with Crippen molar-refractivity contribution >= 4 is 11.1 Å². The van der Waals surface area contributed by atoms with Gasteiger partial charge in [0.05, 0.1) is 0 Å². The van der Waals surface area contributed by atoms with Gasteiger partial charge in [-0.05, 0) is 95.5 Å². The van der Waals surface area contributed by atoms with Crippen molar-refractivity contribution in [3.63, 3.8) is 0 Å². The van der Waals surface area contributed by atoms with Crippen molar-refractivity contribution < 1.29 is 4.74 Å². The maximum atomic E-state index is 7.07. The van der Waals surface area contributed by atoms with Crippen LogP contribution in [0.3, 0.4) is 0 Å². The molecule has 0 radical (unpaired) electrons. The topological polar surface area (TPSA) is 9.23 Å². The minimum atomic E-state index is -0.198. The van der Waals surface area contributed by atoms with Crippen LogP contribution in [0.5, 0.6) is 0 Å². The Kier molecular flexibility index (Phi) is 7.61. The van der Waals surface area contributed by atoms with Gasteiger partial charge in [0.25, 0.3) is 0 Å². The van der Waals surface area contributed by atoms with Gasteiger partial charge in [0, 0.05) is 23.7 Å². The molecule has 0 amide bonds. The number of hydrogen-bond donors (Lipinski definition) is 0. The Bertz CT molecular complexity index is 1680. The molecule has 4 aromatic rings. The van der Waals surface area contributed by atoms with Crippen LogP contribution in [-0.4, -0.2) is 0 Å². The molecule has 0 saturated heterocycles. The van der Waals surface area contributed by atoms with Crippen LogP contribution < -0.4 is 0 Å². The minimum Gasteiger partial charge on any atom is -0.466 e. The molecule has 0 aromatic heterocycles. The predicted octanol–water partition coefficient (Wildman–Crippen LogP) is 10.9. The molecule has 1 nitrogen and oxygen atoms in total. The molecule has 2 atom stereocenters. The number of hydrogen-bond acceptors (Lipinski definition) is 1. The zero-order valence-electron chi connectivity index (χ0n) is 26.4. The minimum absolute atomic E-state index is 0.198. The second kappa shape index (κ2) is 11.4. The quantitative estimate of drug-likeness (QED) is 0.227. The molecule has 0 spiro atoms. The average molecular weight is 563 g/mol. The number of ether oxygens (including phenoxy) is 1. The summed E-state index contributed by atoms with van der Waals surface area (Å²) in [6, 6.07) is 34.9. The molecule has 0 N–H and O–H groups in total. The normalized spacial score (nSPS) is 21.8. The molecule has 0 saturated carbocycles. The molecule has 2 aliphatic rings. The highest BCUT2D eigenvalue weighted by Gasteiger charge is 2.35. The summed E-state index contributed by atoms with van der Waals surface area (Å²) in [6.45, 7) is 13.5. The number of benzene rings is 4. The lowest BCUT2D eigenvalue weighted by Gasteiger charge is -2.37. The van der Waals surface area contributed by atoms with Crippen molar-refractivity contribution in [1.29, 1.82) is 0 Å². The van der Waals surface area contributed by atoms with Crippen LogP contribution in [0.15, 0.2) is 133 Å². The van der Waals surface area contributed by atoms with E-state index in [9.17, 15) is 0 Å². The van der Waals surface area contributed by atoms with E-state index in [-0.39, 0.29) is 10.8 Å². The lowest BCUT2D eigenvalue weighted by molar-refractivity contribution is 0.247. The third kappa shape index (κ3) is 5.69. The maximum absolute atomic E-state index is 7.07. The van der Waals surface area contributed by atoms with Crippen LogP contribution >= 0.6 is 0 Å². The highest BCUT2D eigenvalue weighted by molar-refractivity contribution is 5.80. The Balaban J connectivity index is 1.45. The van der Waals surface area contributed by atoms with Gasteiger partial charge >= 0.3 is 0 Å². The summed E-state index contributed by atoms with van der Waals surface area (Å²) in [7, 11) is 0. The fraction of sp³-hybridized carbons (Fsp3) is 0.238. The molecule has 0 aliphatic heterocycles. The van der Waals surface area contributed by atoms with Crippen molar-refractivity contribution in [2.24, 2.45) is 0 Å². The second-order valence-corrected chi connectivity index (χ2v) is 13.0. The molecular weight excluding hydrogens is 520 g/mol. The van der Waals surface area contributed by atoms with Gasteiger partial charge in [-0.25, -0.2) is 0 Å². The van der Waals surface area contributed by atoms with E-state index in [4.69, 9.17) is 4.74 Å². The highest BCUT2D eigenvalue weighted by Crippen LogP contribution is 2.46. The van der Waals surface area contributed by atoms with Gasteiger partial charge in [0.15, 0.2) is 0 Å². The van der Waals surface area contributed by atoms with E-state index >= 15 is 0 Å². The van der Waals surface area contributed by atoms with Crippen LogP contribution in [0, 0.1) is 27.7 Å². The average Bonchev–Trinajstić information content (AvgIpc) is 2.97. The maximum Gasteiger partial charge on any atom is 0.105 e. The zero-order chi connectivity index (χ0) is 30.2. The lowest BCUT2D eigenvalue weighted by Crippen LogP contribution is -2.27. The lowest BCUT2D eigenvalue weighted by atomic mass is 9.71. The summed E-state index contributed by atoms with van der Waals surface area (Å²) in [5.74, 6) is 2.02. The van der Waals surface area contributed by atoms with E-state index in [1.165, 1.54) is 55.7 Å². The Morgan fingerprint density at radius 2 is 0.814 bits per heavy atom. The highest BCUT2D eigenvalue weighted by atomic mass is 16.5. The standard InChI is InChI=1S/C42H42O/c1-29-15-7-11-19-37(29)33-23-35(27-41(5,25-33)39-21-13-9-17-31(39)3)43-36-24-34(38-20-12-8-16-30(38)2)26-42(6,28-36)40-22-14-10-18-32(40)4/h7-26H,27-28H2,1-6H3. The molecule has 0 heterocycles. The van der Waals surface area contributed by atoms with Crippen molar-refractivity contribution in [2.45, 2.75) is 65.2 Å². The van der Waals surface area contributed by atoms with Gasteiger partial charge in [-0.2, -0.15) is 0 Å². The number of allylic oxidation sites excluding steroid dienone is 8. The van der Waals surface area contributed by atoms with Crippen LogP contribution in [0.1, 0.15) is 71.2 Å². The van der Waals surface area contributed by atoms with Crippen molar-refractivity contribution in [2.75, 3.05) is 0 Å². The first kappa shape index (κ1) is 28.7. The van der Waals surface area contributed by atoms with Crippen molar-refractivity contribution in [3.8, 4) is 0 Å². The Labute approximate surface area is 258 Å². The summed E-state index contributed by atoms with van der Waals surface area (Å²) in [5.41, 5.74) is 12.4. The summed E-state index contributed by atoms with van der Waals surface area (Å²) in [5, 5.41) is 0. The first-order valence-corrected chi connectivity index (χ1v) is 15.4. The van der Waals surface area contributed by atoms with Crippen LogP contribution in [0.25, 0.3) is 11.1 Å². The van der Waals surface area contributed by atoms with Gasteiger partial charge in [0.2, 0.25) is 0 Å². The Morgan fingerprint density at radius 1 is 0.465 bits per heavy atom. The van der Waals surface area contributed by atoms with Crippen LogP contribution in [0.4, 0.5) is 0 Å². The molecule has 4 aromatic carbocycles. The van der Waals surface area contributed by atoms with Gasteiger partial charge in [-0.1, -0.05) is 123 Å². The first-order chi connectivity index (χ1) is 20.6. The van der Waals surface area contributed by atoms with E-state index in [0.717, 1.165) is 24.4 Å². The summed E-state index contributed by atoms with van der Waals surface area (Å²) < 4.78 is 7.07. The van der Waals surface area contributed by atoms with E-state index < -0.39 is 0 Å². The molecular formula is C42H42O. The summed E-state index contributed by atoms with van der Waals surface area (Å²) in [6.07, 6.45) is 11.1. The van der Waals surface area contributed by atoms with Crippen molar-refractivity contribution in [1.82, 2.24) is 0 Å². The largest absolute Gasteiger partial charge is 0.466 e. The van der Waals surface area contributed by atoms with Crippen molar-refractivity contribution in [3.05, 3.63) is 177 Å². The monoisotopic (exact) mass is 562 g/mol. The fourth-order valence-electron chi connectivity index (χ4n) is 7.22. The SMILES string of the molecule is Cc1ccccc1C1=CC(C)(c2ccccc2C)CC(OC2=CC(c3ccccc3C)=CC(C)(c3ccccc3C)C2)=C1. The van der Waals surface area contributed by atoms with Gasteiger partial charge in [-0.15, -0.1) is 0 Å². The van der Waals surface area contributed by atoms with E-state index in [2.05, 4.69) is 163 Å². The molecule has 0 fully saturated rings. The first-order valence-electron chi connectivity index (χ1n) is 15.4. The smallest absolute Gasteiger partial charge is 0.105 e. The molecule has 1 heteroatoms. The van der Waals surface area contributed by atoms with Crippen LogP contribution in [-0.2, 0) is 15.6 Å². The van der Waals surface area contributed by atoms with E-state index in [0.29, 0.717) is 0 Å². The zero-order valence-corrected chi connectivity index (χ0v) is 26.4. The number of rotatable bonds is 6.